The predicted molar refractivity (Wildman–Crippen MR) is 125 cm³/mol. The van der Waals surface area contributed by atoms with Crippen LogP contribution >= 0.6 is 11.3 Å². The molecule has 0 unspecified atom stereocenters. The molecule has 0 aliphatic carbocycles. The molecule has 9 heteroatoms. The van der Waals surface area contributed by atoms with Crippen molar-refractivity contribution in [3.63, 3.8) is 0 Å². The van der Waals surface area contributed by atoms with Crippen LogP contribution in [-0.2, 0) is 11.2 Å². The van der Waals surface area contributed by atoms with E-state index in [1.54, 1.807) is 23.7 Å². The maximum atomic E-state index is 13.1. The van der Waals surface area contributed by atoms with Gasteiger partial charge in [-0.25, -0.2) is 9.37 Å². The number of nitrogens with one attached hydrogen (secondary N) is 2. The third-order valence-corrected chi connectivity index (χ3v) is 6.93. The lowest BCUT2D eigenvalue weighted by Gasteiger charge is -2.31. The van der Waals surface area contributed by atoms with Gasteiger partial charge in [0.2, 0.25) is 5.91 Å². The molecule has 3 heterocycles. The number of carbonyl (C=O) groups excluding carboxylic acids is 2. The maximum absolute atomic E-state index is 13.1. The second-order valence-electron chi connectivity index (χ2n) is 8.16. The number of fused-ring (bicyclic) bond motifs is 1. The molecule has 0 radical (unpaired) electrons. The van der Waals surface area contributed by atoms with Gasteiger partial charge in [-0.15, -0.1) is 11.3 Å². The highest BCUT2D eigenvalue weighted by atomic mass is 32.1. The zero-order valence-corrected chi connectivity index (χ0v) is 18.6. The molecule has 4 aromatic rings. The summed E-state index contributed by atoms with van der Waals surface area (Å²) in [6.07, 6.45) is 3.62. The number of halogens is 1. The number of aromatic nitrogens is 3. The van der Waals surface area contributed by atoms with Gasteiger partial charge in [0.15, 0.2) is 0 Å². The Bertz CT molecular complexity index is 1290. The Morgan fingerprint density at radius 1 is 1.15 bits per heavy atom. The second-order valence-corrected chi connectivity index (χ2v) is 9.05. The fourth-order valence-corrected chi connectivity index (χ4v) is 5.03. The third kappa shape index (κ3) is 4.78. The van der Waals surface area contributed by atoms with Gasteiger partial charge in [-0.1, -0.05) is 12.1 Å². The molecule has 1 fully saturated rings. The van der Waals surface area contributed by atoms with Crippen LogP contribution in [-0.4, -0.2) is 45.0 Å². The largest absolute Gasteiger partial charge is 0.342 e. The van der Waals surface area contributed by atoms with E-state index < -0.39 is 0 Å². The van der Waals surface area contributed by atoms with Crippen molar-refractivity contribution in [3.05, 3.63) is 76.1 Å². The van der Waals surface area contributed by atoms with Crippen LogP contribution in [0.1, 0.15) is 39.8 Å². The van der Waals surface area contributed by atoms with Crippen LogP contribution in [0.4, 0.5) is 10.1 Å². The van der Waals surface area contributed by atoms with E-state index in [1.807, 2.05) is 23.1 Å². The number of benzene rings is 2. The van der Waals surface area contributed by atoms with Gasteiger partial charge >= 0.3 is 0 Å². The number of likely N-dealkylation sites (tertiary alicyclic amines) is 1. The van der Waals surface area contributed by atoms with E-state index in [0.29, 0.717) is 24.5 Å². The van der Waals surface area contributed by atoms with E-state index in [1.165, 1.54) is 23.5 Å². The molecule has 2 aromatic carbocycles. The normalized spacial score (nSPS) is 14.5. The average Bonchev–Trinajstić information content (AvgIpc) is 3.50. The molecule has 5 rings (SSSR count). The number of thiazole rings is 1. The molecular formula is C24H22FN5O2S. The van der Waals surface area contributed by atoms with Crippen LogP contribution in [0.25, 0.3) is 10.9 Å². The van der Waals surface area contributed by atoms with Crippen LogP contribution in [0.2, 0.25) is 0 Å². The molecule has 33 heavy (non-hydrogen) atoms. The van der Waals surface area contributed by atoms with E-state index in [0.717, 1.165) is 34.3 Å². The Labute approximate surface area is 193 Å². The highest BCUT2D eigenvalue weighted by Gasteiger charge is 2.26. The van der Waals surface area contributed by atoms with Crippen molar-refractivity contribution in [3.8, 4) is 0 Å². The Morgan fingerprint density at radius 3 is 2.73 bits per heavy atom. The lowest BCUT2D eigenvalue weighted by atomic mass is 9.97. The average molecular weight is 464 g/mol. The van der Waals surface area contributed by atoms with Crippen LogP contribution < -0.4 is 5.32 Å². The number of aromatic amines is 1. The van der Waals surface area contributed by atoms with Crippen molar-refractivity contribution in [1.82, 2.24) is 20.1 Å². The molecule has 0 bridgehead atoms. The number of carbonyl (C=O) groups is 2. The summed E-state index contributed by atoms with van der Waals surface area (Å²) in [4.78, 5) is 31.7. The van der Waals surface area contributed by atoms with Crippen molar-refractivity contribution in [2.45, 2.75) is 25.2 Å². The topological polar surface area (TPSA) is 91.0 Å². The van der Waals surface area contributed by atoms with Gasteiger partial charge in [0.1, 0.15) is 11.5 Å². The zero-order chi connectivity index (χ0) is 22.8. The number of rotatable bonds is 5. The summed E-state index contributed by atoms with van der Waals surface area (Å²) in [6.45, 7) is 1.30. The van der Waals surface area contributed by atoms with Crippen molar-refractivity contribution >= 4 is 39.7 Å². The first-order valence-electron chi connectivity index (χ1n) is 10.8. The monoisotopic (exact) mass is 463 g/mol. The first-order valence-corrected chi connectivity index (χ1v) is 11.7. The van der Waals surface area contributed by atoms with Gasteiger partial charge in [0, 0.05) is 35.5 Å². The molecule has 1 aliphatic heterocycles. The molecule has 2 amide bonds. The molecular weight excluding hydrogens is 441 g/mol. The van der Waals surface area contributed by atoms with E-state index >= 15 is 0 Å². The van der Waals surface area contributed by atoms with E-state index in [2.05, 4.69) is 20.5 Å². The summed E-state index contributed by atoms with van der Waals surface area (Å²) in [7, 11) is 0. The molecule has 0 saturated carbocycles. The van der Waals surface area contributed by atoms with Gasteiger partial charge in [0.25, 0.3) is 5.91 Å². The minimum absolute atomic E-state index is 0.0495. The molecule has 0 spiro atoms. The first-order chi connectivity index (χ1) is 16.0. The molecule has 2 aromatic heterocycles. The van der Waals surface area contributed by atoms with Crippen LogP contribution in [0.5, 0.6) is 0 Å². The number of anilines is 1. The SMILES string of the molecule is O=C(Nc1ccc2cn[nH]c2c1)c1csc(C2CCN(C(=O)Cc3ccc(F)cc3)CC2)n1. The van der Waals surface area contributed by atoms with Gasteiger partial charge in [0.05, 0.1) is 23.1 Å². The number of nitrogens with zero attached hydrogens (tertiary/aromatic N) is 3. The minimum atomic E-state index is -0.303. The zero-order valence-electron chi connectivity index (χ0n) is 17.8. The van der Waals surface area contributed by atoms with Crippen molar-refractivity contribution in [2.75, 3.05) is 18.4 Å². The summed E-state index contributed by atoms with van der Waals surface area (Å²) in [5.41, 5.74) is 2.74. The van der Waals surface area contributed by atoms with Crippen LogP contribution in [0, 0.1) is 5.82 Å². The highest BCUT2D eigenvalue weighted by molar-refractivity contribution is 7.10. The number of hydrogen-bond acceptors (Lipinski definition) is 5. The summed E-state index contributed by atoms with van der Waals surface area (Å²) < 4.78 is 13.1. The van der Waals surface area contributed by atoms with Gasteiger partial charge in [-0.3, -0.25) is 14.7 Å². The Hall–Kier alpha value is -3.59. The van der Waals surface area contributed by atoms with Crippen molar-refractivity contribution in [1.29, 1.82) is 0 Å². The molecule has 2 N–H and O–H groups in total. The Morgan fingerprint density at radius 2 is 1.94 bits per heavy atom. The molecule has 168 valence electrons. The number of H-pyrrole nitrogens is 1. The minimum Gasteiger partial charge on any atom is -0.342 e. The van der Waals surface area contributed by atoms with Crippen molar-refractivity contribution in [2.24, 2.45) is 0 Å². The number of hydrogen-bond donors (Lipinski definition) is 2. The smallest absolute Gasteiger partial charge is 0.275 e. The highest BCUT2D eigenvalue weighted by Crippen LogP contribution is 2.31. The summed E-state index contributed by atoms with van der Waals surface area (Å²) in [5.74, 6) is -0.271. The standard InChI is InChI=1S/C24H22FN5O2S/c25-18-4-1-15(2-5-18)11-22(31)30-9-7-16(8-10-30)24-28-21(14-33-24)23(32)27-19-6-3-17-13-26-29-20(17)12-19/h1-6,12-14,16H,7-11H2,(H,26,29)(H,27,32). The quantitative estimate of drug-likeness (QED) is 0.460. The van der Waals surface area contributed by atoms with Crippen LogP contribution in [0.15, 0.2) is 54.0 Å². The van der Waals surface area contributed by atoms with E-state index in [-0.39, 0.29) is 30.0 Å². The molecule has 1 aliphatic rings. The fourth-order valence-electron chi connectivity index (χ4n) is 4.05. The lowest BCUT2D eigenvalue weighted by molar-refractivity contribution is -0.131. The third-order valence-electron chi connectivity index (χ3n) is 5.92. The lowest BCUT2D eigenvalue weighted by Crippen LogP contribution is -2.38. The molecule has 0 atom stereocenters. The molecule has 7 nitrogen and oxygen atoms in total. The number of amides is 2. The maximum Gasteiger partial charge on any atom is 0.275 e. The number of piperidine rings is 1. The summed E-state index contributed by atoms with van der Waals surface area (Å²) in [5, 5.41) is 13.5. The summed E-state index contributed by atoms with van der Waals surface area (Å²) in [6, 6.07) is 11.6. The Balaban J connectivity index is 1.16. The predicted octanol–water partition coefficient (Wildman–Crippen LogP) is 4.36. The summed E-state index contributed by atoms with van der Waals surface area (Å²) >= 11 is 1.49. The van der Waals surface area contributed by atoms with Gasteiger partial charge in [-0.2, -0.15) is 5.10 Å². The molecule has 1 saturated heterocycles. The fraction of sp³-hybridized carbons (Fsp3) is 0.250. The van der Waals surface area contributed by atoms with E-state index in [9.17, 15) is 14.0 Å². The first kappa shape index (κ1) is 21.3. The second kappa shape index (κ2) is 9.11. The Kier molecular flexibility index (Phi) is 5.87. The van der Waals surface area contributed by atoms with E-state index in [4.69, 9.17) is 0 Å². The van der Waals surface area contributed by atoms with Crippen LogP contribution in [0.3, 0.4) is 0 Å². The van der Waals surface area contributed by atoms with Crippen molar-refractivity contribution < 1.29 is 14.0 Å². The van der Waals surface area contributed by atoms with Gasteiger partial charge in [-0.05, 0) is 48.7 Å². The van der Waals surface area contributed by atoms with Gasteiger partial charge < -0.3 is 10.2 Å².